The SMILES string of the molecule is Cc1cccc(-n2nc(C(C)(C)C)c3c2N(CC(=O)NC[C@H]2CCCO2)C(=O)CS[C@H]3c2cccs2)c1. The predicted octanol–water partition coefficient (Wildman–Crippen LogP) is 5.00. The summed E-state index contributed by atoms with van der Waals surface area (Å²) in [4.78, 5) is 29.6. The Morgan fingerprint density at radius 1 is 1.24 bits per heavy atom. The van der Waals surface area contributed by atoms with Crippen LogP contribution in [0.15, 0.2) is 41.8 Å². The molecule has 1 saturated heterocycles. The minimum atomic E-state index is -0.268. The van der Waals surface area contributed by atoms with E-state index in [1.54, 1.807) is 28.0 Å². The number of hydrogen-bond donors (Lipinski definition) is 1. The number of thiophene rings is 1. The zero-order chi connectivity index (χ0) is 26.2. The van der Waals surface area contributed by atoms with Crippen LogP contribution < -0.4 is 10.2 Å². The summed E-state index contributed by atoms with van der Waals surface area (Å²) < 4.78 is 7.54. The van der Waals surface area contributed by atoms with E-state index in [0.29, 0.717) is 12.4 Å². The highest BCUT2D eigenvalue weighted by atomic mass is 32.2. The Labute approximate surface area is 226 Å². The molecule has 7 nitrogen and oxygen atoms in total. The number of nitrogens with zero attached hydrogens (tertiary/aromatic N) is 3. The summed E-state index contributed by atoms with van der Waals surface area (Å²) in [7, 11) is 0. The lowest BCUT2D eigenvalue weighted by molar-refractivity contribution is -0.123. The number of aryl methyl sites for hydroxylation is 1. The maximum absolute atomic E-state index is 13.7. The zero-order valence-corrected chi connectivity index (χ0v) is 23.5. The molecule has 9 heteroatoms. The number of anilines is 1. The summed E-state index contributed by atoms with van der Waals surface area (Å²) in [5, 5.41) is 10.2. The van der Waals surface area contributed by atoms with Crippen molar-refractivity contribution in [3.8, 4) is 5.69 Å². The molecule has 3 aromatic rings. The predicted molar refractivity (Wildman–Crippen MR) is 150 cm³/mol. The first kappa shape index (κ1) is 26.0. The van der Waals surface area contributed by atoms with Crippen LogP contribution in [0, 0.1) is 6.92 Å². The molecule has 2 atom stereocenters. The van der Waals surface area contributed by atoms with Gasteiger partial charge in [0.2, 0.25) is 11.8 Å². The van der Waals surface area contributed by atoms with Crippen LogP contribution in [-0.4, -0.2) is 53.1 Å². The van der Waals surface area contributed by atoms with E-state index in [-0.39, 0.29) is 40.9 Å². The smallest absolute Gasteiger partial charge is 0.240 e. The van der Waals surface area contributed by atoms with Gasteiger partial charge in [-0.2, -0.15) is 5.10 Å². The van der Waals surface area contributed by atoms with Gasteiger partial charge in [0.25, 0.3) is 0 Å². The van der Waals surface area contributed by atoms with Crippen LogP contribution in [0.1, 0.15) is 60.6 Å². The molecule has 1 aromatic carbocycles. The summed E-state index contributed by atoms with van der Waals surface area (Å²) in [6.45, 7) is 9.64. The average Bonchev–Trinajstić information content (AvgIpc) is 3.61. The van der Waals surface area contributed by atoms with Crippen molar-refractivity contribution in [3.05, 3.63) is 63.5 Å². The lowest BCUT2D eigenvalue weighted by Gasteiger charge is -2.24. The summed E-state index contributed by atoms with van der Waals surface area (Å²) in [6, 6.07) is 12.3. The molecule has 0 radical (unpaired) electrons. The van der Waals surface area contributed by atoms with E-state index in [2.05, 4.69) is 43.6 Å². The van der Waals surface area contributed by atoms with Crippen LogP contribution in [0.25, 0.3) is 5.69 Å². The fourth-order valence-electron chi connectivity index (χ4n) is 4.91. The molecule has 2 amide bonds. The van der Waals surface area contributed by atoms with Gasteiger partial charge in [-0.1, -0.05) is 39.0 Å². The number of carbonyl (C=O) groups excluding carboxylic acids is 2. The van der Waals surface area contributed by atoms with Gasteiger partial charge in [0.15, 0.2) is 0 Å². The van der Waals surface area contributed by atoms with Crippen molar-refractivity contribution in [1.82, 2.24) is 15.1 Å². The molecule has 0 aliphatic carbocycles. The van der Waals surface area contributed by atoms with Crippen molar-refractivity contribution in [3.63, 3.8) is 0 Å². The maximum Gasteiger partial charge on any atom is 0.240 e. The first-order chi connectivity index (χ1) is 17.7. The van der Waals surface area contributed by atoms with Gasteiger partial charge in [-0.15, -0.1) is 23.1 Å². The van der Waals surface area contributed by atoms with E-state index in [9.17, 15) is 9.59 Å². The van der Waals surface area contributed by atoms with E-state index in [0.717, 1.165) is 42.0 Å². The summed E-state index contributed by atoms with van der Waals surface area (Å²) >= 11 is 3.30. The van der Waals surface area contributed by atoms with Gasteiger partial charge in [-0.25, -0.2) is 4.68 Å². The Bertz CT molecular complexity index is 1270. The van der Waals surface area contributed by atoms with Gasteiger partial charge < -0.3 is 10.1 Å². The number of ether oxygens (including phenoxy) is 1. The molecule has 1 fully saturated rings. The van der Waals surface area contributed by atoms with Crippen molar-refractivity contribution < 1.29 is 14.3 Å². The highest BCUT2D eigenvalue weighted by molar-refractivity contribution is 8.00. The summed E-state index contributed by atoms with van der Waals surface area (Å²) in [5.41, 5.74) is 3.66. The Kier molecular flexibility index (Phi) is 7.47. The van der Waals surface area contributed by atoms with E-state index in [4.69, 9.17) is 9.84 Å². The number of thioether (sulfide) groups is 1. The van der Waals surface area contributed by atoms with Crippen LogP contribution in [0.5, 0.6) is 0 Å². The van der Waals surface area contributed by atoms with Gasteiger partial charge in [0.1, 0.15) is 12.4 Å². The van der Waals surface area contributed by atoms with Crippen molar-refractivity contribution in [2.45, 2.75) is 57.3 Å². The van der Waals surface area contributed by atoms with Crippen molar-refractivity contribution in [2.75, 3.05) is 30.3 Å². The van der Waals surface area contributed by atoms with E-state index in [1.165, 1.54) is 4.88 Å². The number of benzene rings is 1. The quantitative estimate of drug-likeness (QED) is 0.478. The molecule has 2 aliphatic heterocycles. The average molecular weight is 539 g/mol. The third kappa shape index (κ3) is 5.49. The van der Waals surface area contributed by atoms with Gasteiger partial charge in [0, 0.05) is 29.0 Å². The van der Waals surface area contributed by atoms with Gasteiger partial charge >= 0.3 is 0 Å². The minimum absolute atomic E-state index is 0.0448. The Hall–Kier alpha value is -2.62. The normalized spacial score (nSPS) is 20.1. The molecule has 2 aromatic heterocycles. The number of rotatable bonds is 6. The number of fused-ring (bicyclic) bond motifs is 1. The Balaban J connectivity index is 1.63. The topological polar surface area (TPSA) is 76.5 Å². The monoisotopic (exact) mass is 538 g/mol. The second-order valence-corrected chi connectivity index (χ2v) is 12.8. The van der Waals surface area contributed by atoms with Crippen molar-refractivity contribution in [1.29, 1.82) is 0 Å². The first-order valence-electron chi connectivity index (χ1n) is 12.8. The van der Waals surface area contributed by atoms with E-state index in [1.807, 2.05) is 35.9 Å². The molecule has 0 saturated carbocycles. The Morgan fingerprint density at radius 3 is 2.76 bits per heavy atom. The zero-order valence-electron chi connectivity index (χ0n) is 21.8. The molecule has 2 aliphatic rings. The second-order valence-electron chi connectivity index (χ2n) is 10.7. The molecule has 0 bridgehead atoms. The van der Waals surface area contributed by atoms with Crippen LogP contribution in [-0.2, 0) is 19.7 Å². The summed E-state index contributed by atoms with van der Waals surface area (Å²) in [5.74, 6) is 0.694. The molecule has 196 valence electrons. The van der Waals surface area contributed by atoms with E-state index >= 15 is 0 Å². The molecule has 4 heterocycles. The first-order valence-corrected chi connectivity index (χ1v) is 14.7. The van der Waals surface area contributed by atoms with Crippen LogP contribution in [0.3, 0.4) is 0 Å². The molecular weight excluding hydrogens is 504 g/mol. The second kappa shape index (κ2) is 10.6. The molecule has 1 N–H and O–H groups in total. The number of aromatic nitrogens is 2. The van der Waals surface area contributed by atoms with Gasteiger partial charge in [0.05, 0.1) is 28.5 Å². The molecule has 0 unspecified atom stereocenters. The van der Waals surface area contributed by atoms with Crippen molar-refractivity contribution in [2.24, 2.45) is 0 Å². The number of amides is 2. The van der Waals surface area contributed by atoms with Gasteiger partial charge in [-0.3, -0.25) is 14.5 Å². The minimum Gasteiger partial charge on any atom is -0.376 e. The largest absolute Gasteiger partial charge is 0.376 e. The summed E-state index contributed by atoms with van der Waals surface area (Å²) in [6.07, 6.45) is 2.01. The number of carbonyl (C=O) groups is 2. The lowest BCUT2D eigenvalue weighted by atomic mass is 9.88. The highest BCUT2D eigenvalue weighted by Gasteiger charge is 2.40. The highest BCUT2D eigenvalue weighted by Crippen LogP contribution is 2.49. The maximum atomic E-state index is 13.7. The van der Waals surface area contributed by atoms with Gasteiger partial charge in [-0.05, 0) is 48.9 Å². The third-order valence-corrected chi connectivity index (χ3v) is 9.02. The van der Waals surface area contributed by atoms with E-state index < -0.39 is 0 Å². The Morgan fingerprint density at radius 2 is 2.08 bits per heavy atom. The molecule has 5 rings (SSSR count). The molecule has 0 spiro atoms. The van der Waals surface area contributed by atoms with Crippen LogP contribution in [0.2, 0.25) is 0 Å². The fraction of sp³-hybridized carbons (Fsp3) is 0.464. The van der Waals surface area contributed by atoms with Crippen molar-refractivity contribution >= 4 is 40.7 Å². The number of nitrogens with one attached hydrogen (secondary N) is 1. The van der Waals surface area contributed by atoms with Crippen LogP contribution >= 0.6 is 23.1 Å². The van der Waals surface area contributed by atoms with Crippen LogP contribution in [0.4, 0.5) is 5.82 Å². The molecular formula is C28H34N4O3S2. The number of hydrogen-bond acceptors (Lipinski definition) is 6. The molecule has 37 heavy (non-hydrogen) atoms. The third-order valence-electron chi connectivity index (χ3n) is 6.70. The standard InChI is InChI=1S/C28H34N4O3S2/c1-18-8-5-9-19(14-18)32-27-24(26(30-32)28(2,3)4)25(21-11-7-13-36-21)37-17-23(34)31(27)16-22(33)29-15-20-10-6-12-35-20/h5,7-9,11,13-14,20,25H,6,10,12,15-17H2,1-4H3,(H,29,33)/t20-,25+/m1/s1. The fourth-order valence-corrected chi connectivity index (χ4v) is 7.09. The lowest BCUT2D eigenvalue weighted by Crippen LogP contribution is -2.44.